The van der Waals surface area contributed by atoms with Crippen LogP contribution in [-0.2, 0) is 5.41 Å². The largest absolute Gasteiger partial charge is 0.345 e. The van der Waals surface area contributed by atoms with Crippen LogP contribution in [0.15, 0.2) is 54.9 Å². The van der Waals surface area contributed by atoms with Crippen LogP contribution in [0.5, 0.6) is 0 Å². The molecule has 0 N–H and O–H groups in total. The summed E-state index contributed by atoms with van der Waals surface area (Å²) in [5.41, 5.74) is 7.79. The van der Waals surface area contributed by atoms with Crippen LogP contribution < -0.4 is 4.90 Å². The SMILES string of the molecule is CCC12C(C)C1(C)c1cccc3c1C1N(C=CN12)c1ccccc1-3. The molecule has 4 aliphatic rings. The lowest BCUT2D eigenvalue weighted by atomic mass is 9.77. The lowest BCUT2D eigenvalue weighted by molar-refractivity contribution is 0.153. The van der Waals surface area contributed by atoms with Crippen LogP contribution >= 0.6 is 0 Å². The second-order valence-corrected chi connectivity index (χ2v) is 7.97. The molecule has 0 aromatic heterocycles. The zero-order valence-corrected chi connectivity index (χ0v) is 14.5. The highest BCUT2D eigenvalue weighted by Crippen LogP contribution is 2.74. The van der Waals surface area contributed by atoms with Crippen molar-refractivity contribution in [3.8, 4) is 11.1 Å². The van der Waals surface area contributed by atoms with Crippen molar-refractivity contribution in [3.63, 3.8) is 0 Å². The van der Waals surface area contributed by atoms with Gasteiger partial charge in [0.1, 0.15) is 6.17 Å². The van der Waals surface area contributed by atoms with Gasteiger partial charge in [-0.3, -0.25) is 0 Å². The molecule has 0 bridgehead atoms. The lowest BCUT2D eigenvalue weighted by Gasteiger charge is -2.48. The van der Waals surface area contributed by atoms with Gasteiger partial charge in [-0.05, 0) is 29.5 Å². The topological polar surface area (TPSA) is 6.48 Å². The molecule has 4 atom stereocenters. The van der Waals surface area contributed by atoms with Gasteiger partial charge in [0.05, 0.1) is 11.2 Å². The predicted molar refractivity (Wildman–Crippen MR) is 97.6 cm³/mol. The Labute approximate surface area is 143 Å². The Hall–Kier alpha value is -2.22. The monoisotopic (exact) mass is 314 g/mol. The molecule has 3 aliphatic heterocycles. The van der Waals surface area contributed by atoms with E-state index >= 15 is 0 Å². The summed E-state index contributed by atoms with van der Waals surface area (Å²) in [6, 6.07) is 15.9. The molecule has 2 aromatic carbocycles. The number of anilines is 1. The van der Waals surface area contributed by atoms with E-state index in [1.54, 1.807) is 5.56 Å². The van der Waals surface area contributed by atoms with Crippen LogP contribution in [0.1, 0.15) is 44.5 Å². The minimum Gasteiger partial charge on any atom is -0.345 e. The summed E-state index contributed by atoms with van der Waals surface area (Å²) in [7, 11) is 0. The summed E-state index contributed by atoms with van der Waals surface area (Å²) in [4.78, 5) is 5.17. The van der Waals surface area contributed by atoms with Crippen molar-refractivity contribution < 1.29 is 0 Å². The van der Waals surface area contributed by atoms with E-state index < -0.39 is 0 Å². The molecule has 6 rings (SSSR count). The Balaban J connectivity index is 1.75. The van der Waals surface area contributed by atoms with E-state index in [0.29, 0.717) is 12.1 Å². The van der Waals surface area contributed by atoms with Crippen LogP contribution in [0.25, 0.3) is 11.1 Å². The first-order chi connectivity index (χ1) is 11.7. The van der Waals surface area contributed by atoms with Crippen LogP contribution in [0.2, 0.25) is 0 Å². The quantitative estimate of drug-likeness (QED) is 0.728. The Morgan fingerprint density at radius 2 is 1.79 bits per heavy atom. The summed E-state index contributed by atoms with van der Waals surface area (Å²) >= 11 is 0. The van der Waals surface area contributed by atoms with Crippen molar-refractivity contribution in [1.29, 1.82) is 0 Å². The molecule has 0 radical (unpaired) electrons. The fourth-order valence-electron chi connectivity index (χ4n) is 6.46. The first kappa shape index (κ1) is 13.1. The fraction of sp³-hybridized carbons (Fsp3) is 0.364. The molecule has 120 valence electrons. The van der Waals surface area contributed by atoms with E-state index in [2.05, 4.69) is 85.4 Å². The number of nitrogens with zero attached hydrogens (tertiary/aromatic N) is 2. The van der Waals surface area contributed by atoms with E-state index in [1.807, 2.05) is 0 Å². The van der Waals surface area contributed by atoms with E-state index in [4.69, 9.17) is 0 Å². The number of hydrogen-bond acceptors (Lipinski definition) is 2. The number of benzene rings is 2. The van der Waals surface area contributed by atoms with Crippen LogP contribution in [0.4, 0.5) is 5.69 Å². The highest BCUT2D eigenvalue weighted by molar-refractivity contribution is 5.88. The number of rotatable bonds is 1. The first-order valence-corrected chi connectivity index (χ1v) is 9.14. The molecular weight excluding hydrogens is 292 g/mol. The van der Waals surface area contributed by atoms with Gasteiger partial charge in [-0.1, -0.05) is 57.2 Å². The number of hydrogen-bond donors (Lipinski definition) is 0. The number of fused-ring (bicyclic) bond motifs is 6. The molecule has 2 heteroatoms. The van der Waals surface area contributed by atoms with Crippen molar-refractivity contribution in [3.05, 3.63) is 66.0 Å². The maximum Gasteiger partial charge on any atom is 0.133 e. The number of para-hydroxylation sites is 1. The minimum atomic E-state index is 0.260. The predicted octanol–water partition coefficient (Wildman–Crippen LogP) is 5.03. The molecule has 1 fully saturated rings. The second-order valence-electron chi connectivity index (χ2n) is 7.97. The normalized spacial score (nSPS) is 36.3. The van der Waals surface area contributed by atoms with Gasteiger partial charge in [-0.25, -0.2) is 0 Å². The van der Waals surface area contributed by atoms with Crippen molar-refractivity contribution >= 4 is 5.69 Å². The van der Waals surface area contributed by atoms with E-state index in [-0.39, 0.29) is 11.0 Å². The van der Waals surface area contributed by atoms with Crippen molar-refractivity contribution in [2.75, 3.05) is 4.90 Å². The highest BCUT2D eigenvalue weighted by atomic mass is 15.5. The summed E-state index contributed by atoms with van der Waals surface area (Å²) < 4.78 is 0. The van der Waals surface area contributed by atoms with Gasteiger partial charge in [0.2, 0.25) is 0 Å². The molecule has 2 nitrogen and oxygen atoms in total. The molecule has 3 heterocycles. The van der Waals surface area contributed by atoms with E-state index in [1.165, 1.54) is 28.8 Å². The highest BCUT2D eigenvalue weighted by Gasteiger charge is 2.77. The molecule has 1 saturated carbocycles. The third-order valence-electron chi connectivity index (χ3n) is 7.71. The van der Waals surface area contributed by atoms with E-state index in [0.717, 1.165) is 0 Å². The average molecular weight is 314 g/mol. The molecule has 2 aromatic rings. The Kier molecular flexibility index (Phi) is 2.03. The van der Waals surface area contributed by atoms with Crippen LogP contribution in [0.3, 0.4) is 0 Å². The van der Waals surface area contributed by atoms with Gasteiger partial charge in [0.15, 0.2) is 0 Å². The third-order valence-corrected chi connectivity index (χ3v) is 7.71. The molecule has 0 amide bonds. The maximum atomic E-state index is 2.68. The molecule has 0 spiro atoms. The van der Waals surface area contributed by atoms with Gasteiger partial charge in [0, 0.05) is 28.9 Å². The average Bonchev–Trinajstić information content (AvgIpc) is 2.95. The van der Waals surface area contributed by atoms with Gasteiger partial charge >= 0.3 is 0 Å². The van der Waals surface area contributed by atoms with E-state index in [9.17, 15) is 0 Å². The Bertz CT molecular complexity index is 929. The molecule has 1 aliphatic carbocycles. The second kappa shape index (κ2) is 3.72. The van der Waals surface area contributed by atoms with Gasteiger partial charge in [0.25, 0.3) is 0 Å². The minimum absolute atomic E-state index is 0.260. The molecule has 24 heavy (non-hydrogen) atoms. The molecule has 0 saturated heterocycles. The van der Waals surface area contributed by atoms with Crippen molar-refractivity contribution in [2.24, 2.45) is 5.92 Å². The fourth-order valence-corrected chi connectivity index (χ4v) is 6.46. The van der Waals surface area contributed by atoms with Crippen molar-refractivity contribution in [2.45, 2.75) is 44.3 Å². The van der Waals surface area contributed by atoms with Gasteiger partial charge in [-0.15, -0.1) is 0 Å². The van der Waals surface area contributed by atoms with Crippen LogP contribution in [0, 0.1) is 5.92 Å². The summed E-state index contributed by atoms with van der Waals surface area (Å²) in [5, 5.41) is 0. The molecular formula is C22H22N2. The van der Waals surface area contributed by atoms with Gasteiger partial charge < -0.3 is 9.80 Å². The van der Waals surface area contributed by atoms with Crippen LogP contribution in [-0.4, -0.2) is 10.4 Å². The maximum absolute atomic E-state index is 2.68. The smallest absolute Gasteiger partial charge is 0.133 e. The zero-order chi connectivity index (χ0) is 16.3. The van der Waals surface area contributed by atoms with Gasteiger partial charge in [-0.2, -0.15) is 0 Å². The lowest BCUT2D eigenvalue weighted by Crippen LogP contribution is -2.48. The first-order valence-electron chi connectivity index (χ1n) is 9.14. The standard InChI is InChI=1S/C22H22N2/c1-4-22-14(2)21(22,3)17-10-7-9-16-15-8-5-6-11-18(15)23-12-13-24(22)20(23)19(16)17/h5-14,20H,4H2,1-3H3. The summed E-state index contributed by atoms with van der Waals surface area (Å²) in [5.74, 6) is 0.680. The Morgan fingerprint density at radius 3 is 2.62 bits per heavy atom. The summed E-state index contributed by atoms with van der Waals surface area (Å²) in [6.45, 7) is 7.30. The Morgan fingerprint density at radius 1 is 1.00 bits per heavy atom. The van der Waals surface area contributed by atoms with Crippen molar-refractivity contribution in [1.82, 2.24) is 4.90 Å². The zero-order valence-electron chi connectivity index (χ0n) is 14.5. The third kappa shape index (κ3) is 1.04. The summed E-state index contributed by atoms with van der Waals surface area (Å²) in [6.07, 6.45) is 6.20. The molecule has 4 unspecified atom stereocenters.